The molecule has 2 nitrogen and oxygen atoms in total. The minimum absolute atomic E-state index is 0.647. The van der Waals surface area contributed by atoms with Crippen molar-refractivity contribution in [2.75, 3.05) is 0 Å². The van der Waals surface area contributed by atoms with Gasteiger partial charge in [-0.3, -0.25) is 11.3 Å². The second kappa shape index (κ2) is 4.66. The van der Waals surface area contributed by atoms with E-state index in [0.717, 1.165) is 23.7 Å². The third-order valence-corrected chi connectivity index (χ3v) is 5.49. The molecule has 0 spiro atoms. The summed E-state index contributed by atoms with van der Waals surface area (Å²) in [6.45, 7) is 0. The van der Waals surface area contributed by atoms with Gasteiger partial charge in [0.1, 0.15) is 0 Å². The van der Waals surface area contributed by atoms with E-state index in [1.165, 1.54) is 57.8 Å². The Labute approximate surface area is 99.3 Å². The Bertz CT molecular complexity index is 223. The molecule has 0 aromatic rings. The van der Waals surface area contributed by atoms with E-state index in [0.29, 0.717) is 6.04 Å². The van der Waals surface area contributed by atoms with Crippen LogP contribution in [0.5, 0.6) is 0 Å². The van der Waals surface area contributed by atoms with Gasteiger partial charge in [-0.15, -0.1) is 0 Å². The minimum Gasteiger partial charge on any atom is -0.271 e. The third-order valence-electron chi connectivity index (χ3n) is 5.49. The lowest BCUT2D eigenvalue weighted by Gasteiger charge is -2.27. The lowest BCUT2D eigenvalue weighted by Crippen LogP contribution is -2.43. The first-order chi connectivity index (χ1) is 7.92. The van der Waals surface area contributed by atoms with Gasteiger partial charge in [-0.1, -0.05) is 32.1 Å². The second-order valence-electron chi connectivity index (χ2n) is 6.28. The average molecular weight is 222 g/mol. The Morgan fingerprint density at radius 3 is 2.00 bits per heavy atom. The molecular formula is C14H26N2. The molecule has 0 aromatic carbocycles. The van der Waals surface area contributed by atoms with E-state index in [4.69, 9.17) is 5.84 Å². The quantitative estimate of drug-likeness (QED) is 0.438. The van der Waals surface area contributed by atoms with E-state index in [9.17, 15) is 0 Å². The Kier molecular flexibility index (Phi) is 3.21. The molecule has 16 heavy (non-hydrogen) atoms. The molecule has 92 valence electrons. The van der Waals surface area contributed by atoms with Crippen molar-refractivity contribution >= 4 is 0 Å². The molecule has 2 heteroatoms. The molecule has 3 rings (SSSR count). The Morgan fingerprint density at radius 1 is 0.812 bits per heavy atom. The molecule has 0 bridgehead atoms. The van der Waals surface area contributed by atoms with E-state index < -0.39 is 0 Å². The zero-order chi connectivity index (χ0) is 11.0. The number of nitrogens with one attached hydrogen (secondary N) is 1. The molecule has 3 saturated carbocycles. The number of nitrogens with two attached hydrogens (primary N) is 1. The highest BCUT2D eigenvalue weighted by molar-refractivity contribution is 5.07. The van der Waals surface area contributed by atoms with Crippen LogP contribution in [0.25, 0.3) is 0 Å². The first kappa shape index (κ1) is 11.0. The molecule has 3 fully saturated rings. The first-order valence-corrected chi connectivity index (χ1v) is 7.38. The molecule has 3 aliphatic carbocycles. The second-order valence-corrected chi connectivity index (χ2v) is 6.28. The Morgan fingerprint density at radius 2 is 1.44 bits per heavy atom. The van der Waals surface area contributed by atoms with E-state index in [-0.39, 0.29) is 0 Å². The van der Waals surface area contributed by atoms with Gasteiger partial charge in [-0.25, -0.2) is 0 Å². The van der Waals surface area contributed by atoms with Crippen LogP contribution in [0.1, 0.15) is 57.8 Å². The smallest absolute Gasteiger partial charge is 0.0272 e. The van der Waals surface area contributed by atoms with Crippen LogP contribution >= 0.6 is 0 Å². The molecule has 0 aliphatic heterocycles. The highest BCUT2D eigenvalue weighted by atomic mass is 15.2. The van der Waals surface area contributed by atoms with Crippen molar-refractivity contribution in [2.24, 2.45) is 29.5 Å². The standard InChI is InChI=1S/C14H26N2/c15-16-14(10-6-3-1-2-4-7-10)13-11-8-5-9-12(11)13/h10-14,16H,1-9,15H2. The molecular weight excluding hydrogens is 196 g/mol. The summed E-state index contributed by atoms with van der Waals surface area (Å²) in [5.41, 5.74) is 3.19. The average Bonchev–Trinajstić information content (AvgIpc) is 2.88. The molecule has 0 amide bonds. The van der Waals surface area contributed by atoms with Gasteiger partial charge in [-0.2, -0.15) is 0 Å². The largest absolute Gasteiger partial charge is 0.271 e. The maximum Gasteiger partial charge on any atom is 0.0272 e. The molecule has 3 aliphatic rings. The SMILES string of the molecule is NNC(C1CCCCCC1)C1C2CCCC21. The summed E-state index contributed by atoms with van der Waals surface area (Å²) < 4.78 is 0. The van der Waals surface area contributed by atoms with Gasteiger partial charge in [0.15, 0.2) is 0 Å². The molecule has 0 saturated heterocycles. The molecule has 3 unspecified atom stereocenters. The van der Waals surface area contributed by atoms with Gasteiger partial charge >= 0.3 is 0 Å². The number of hydrogen-bond donors (Lipinski definition) is 2. The van der Waals surface area contributed by atoms with Crippen molar-refractivity contribution in [1.29, 1.82) is 0 Å². The van der Waals surface area contributed by atoms with E-state index in [1.807, 2.05) is 0 Å². The molecule has 0 heterocycles. The van der Waals surface area contributed by atoms with Crippen LogP contribution in [-0.4, -0.2) is 6.04 Å². The zero-order valence-corrected chi connectivity index (χ0v) is 10.3. The zero-order valence-electron chi connectivity index (χ0n) is 10.3. The summed E-state index contributed by atoms with van der Waals surface area (Å²) in [7, 11) is 0. The van der Waals surface area contributed by atoms with E-state index in [1.54, 1.807) is 0 Å². The lowest BCUT2D eigenvalue weighted by atomic mass is 9.86. The molecule has 3 N–H and O–H groups in total. The van der Waals surface area contributed by atoms with Gasteiger partial charge in [0, 0.05) is 6.04 Å². The topological polar surface area (TPSA) is 38.0 Å². The van der Waals surface area contributed by atoms with Crippen LogP contribution in [-0.2, 0) is 0 Å². The van der Waals surface area contributed by atoms with Crippen LogP contribution in [0.2, 0.25) is 0 Å². The van der Waals surface area contributed by atoms with Crippen molar-refractivity contribution in [1.82, 2.24) is 5.43 Å². The predicted octanol–water partition coefficient (Wildman–Crippen LogP) is 2.83. The summed E-state index contributed by atoms with van der Waals surface area (Å²) in [6, 6.07) is 0.647. The van der Waals surface area contributed by atoms with Crippen LogP contribution in [0.4, 0.5) is 0 Å². The Hall–Kier alpha value is -0.0800. The fraction of sp³-hybridized carbons (Fsp3) is 1.00. The molecule has 0 aromatic heterocycles. The normalized spacial score (nSPS) is 41.4. The summed E-state index contributed by atoms with van der Waals surface area (Å²) in [6.07, 6.45) is 13.1. The fourth-order valence-corrected chi connectivity index (χ4v) is 4.64. The lowest BCUT2D eigenvalue weighted by molar-refractivity contribution is 0.270. The van der Waals surface area contributed by atoms with Crippen molar-refractivity contribution in [3.05, 3.63) is 0 Å². The number of hydrazine groups is 1. The summed E-state index contributed by atoms with van der Waals surface area (Å²) in [5.74, 6) is 9.76. The van der Waals surface area contributed by atoms with Crippen LogP contribution in [0.15, 0.2) is 0 Å². The molecule has 0 radical (unpaired) electrons. The van der Waals surface area contributed by atoms with Gasteiger partial charge in [-0.05, 0) is 49.4 Å². The van der Waals surface area contributed by atoms with Crippen molar-refractivity contribution in [3.8, 4) is 0 Å². The van der Waals surface area contributed by atoms with Gasteiger partial charge in [0.2, 0.25) is 0 Å². The summed E-state index contributed by atoms with van der Waals surface area (Å²) in [5, 5.41) is 0. The predicted molar refractivity (Wildman–Crippen MR) is 66.6 cm³/mol. The number of rotatable bonds is 3. The first-order valence-electron chi connectivity index (χ1n) is 7.38. The monoisotopic (exact) mass is 222 g/mol. The van der Waals surface area contributed by atoms with Crippen LogP contribution in [0.3, 0.4) is 0 Å². The maximum atomic E-state index is 5.85. The third kappa shape index (κ3) is 1.91. The minimum atomic E-state index is 0.647. The number of hydrogen-bond acceptors (Lipinski definition) is 2. The van der Waals surface area contributed by atoms with Gasteiger partial charge in [0.05, 0.1) is 0 Å². The fourth-order valence-electron chi connectivity index (χ4n) is 4.64. The van der Waals surface area contributed by atoms with Gasteiger partial charge < -0.3 is 0 Å². The van der Waals surface area contributed by atoms with Crippen LogP contribution in [0, 0.1) is 23.7 Å². The van der Waals surface area contributed by atoms with E-state index >= 15 is 0 Å². The van der Waals surface area contributed by atoms with Crippen molar-refractivity contribution in [2.45, 2.75) is 63.8 Å². The highest BCUT2D eigenvalue weighted by Gasteiger charge is 2.56. The summed E-state index contributed by atoms with van der Waals surface area (Å²) >= 11 is 0. The highest BCUT2D eigenvalue weighted by Crippen LogP contribution is 2.60. The maximum absolute atomic E-state index is 5.85. The summed E-state index contributed by atoms with van der Waals surface area (Å²) in [4.78, 5) is 0. The van der Waals surface area contributed by atoms with Gasteiger partial charge in [0.25, 0.3) is 0 Å². The van der Waals surface area contributed by atoms with E-state index in [2.05, 4.69) is 5.43 Å². The van der Waals surface area contributed by atoms with Crippen molar-refractivity contribution < 1.29 is 0 Å². The van der Waals surface area contributed by atoms with Crippen molar-refractivity contribution in [3.63, 3.8) is 0 Å². The number of fused-ring (bicyclic) bond motifs is 1. The Balaban J connectivity index is 1.61. The van der Waals surface area contributed by atoms with Crippen LogP contribution < -0.4 is 11.3 Å². The molecule has 3 atom stereocenters.